The minimum absolute atomic E-state index is 0.312. The predicted molar refractivity (Wildman–Crippen MR) is 193 cm³/mol. The monoisotopic (exact) mass is 684 g/mol. The van der Waals surface area contributed by atoms with Gasteiger partial charge in [0.25, 0.3) is 5.91 Å². The average molecular weight is 685 g/mol. The molecule has 0 aliphatic rings. The first-order chi connectivity index (χ1) is 24.6. The summed E-state index contributed by atoms with van der Waals surface area (Å²) in [5, 5.41) is 13.3. The molecular formula is C36H36N12O3. The van der Waals surface area contributed by atoms with E-state index in [9.17, 15) is 14.4 Å². The molecule has 15 nitrogen and oxygen atoms in total. The number of amides is 3. The molecular weight excluding hydrogens is 648 g/mol. The molecule has 7 aromatic rings. The molecule has 51 heavy (non-hydrogen) atoms. The number of nitrogens with two attached hydrogens (primary N) is 2. The van der Waals surface area contributed by atoms with E-state index in [4.69, 9.17) is 21.4 Å². The second-order valence-electron chi connectivity index (χ2n) is 12.2. The van der Waals surface area contributed by atoms with Gasteiger partial charge in [-0.25, -0.2) is 15.0 Å². The molecule has 5 N–H and O–H groups in total. The Labute approximate surface area is 291 Å². The summed E-state index contributed by atoms with van der Waals surface area (Å²) < 4.78 is 7.41. The van der Waals surface area contributed by atoms with Crippen molar-refractivity contribution in [1.29, 1.82) is 0 Å². The summed E-state index contributed by atoms with van der Waals surface area (Å²) in [6.45, 7) is 9.57. The highest BCUT2D eigenvalue weighted by atomic mass is 16.2. The molecule has 258 valence electrons. The molecule has 0 radical (unpaired) electrons. The van der Waals surface area contributed by atoms with E-state index in [0.29, 0.717) is 65.9 Å². The highest BCUT2D eigenvalue weighted by Crippen LogP contribution is 2.31. The van der Waals surface area contributed by atoms with Crippen LogP contribution in [0.25, 0.3) is 44.5 Å². The summed E-state index contributed by atoms with van der Waals surface area (Å²) >= 11 is 0. The molecule has 0 saturated carbocycles. The quantitative estimate of drug-likeness (QED) is 0.167. The maximum Gasteiger partial charge on any atom is 0.276 e. The van der Waals surface area contributed by atoms with Crippen LogP contribution in [0.3, 0.4) is 0 Å². The van der Waals surface area contributed by atoms with Crippen LogP contribution in [0.5, 0.6) is 0 Å². The Bertz CT molecular complexity index is 2550. The predicted octanol–water partition coefficient (Wildman–Crippen LogP) is 4.36. The number of nitrogens with one attached hydrogen (secondary N) is 1. The Morgan fingerprint density at radius 2 is 1.59 bits per heavy atom. The minimum Gasteiger partial charge on any atom is -0.366 e. The van der Waals surface area contributed by atoms with Crippen molar-refractivity contribution in [3.8, 4) is 11.5 Å². The zero-order chi connectivity index (χ0) is 36.0. The third kappa shape index (κ3) is 5.88. The van der Waals surface area contributed by atoms with E-state index >= 15 is 0 Å². The van der Waals surface area contributed by atoms with Crippen molar-refractivity contribution < 1.29 is 14.4 Å². The lowest BCUT2D eigenvalue weighted by molar-refractivity contribution is 0.0992. The maximum atomic E-state index is 13.5. The molecule has 0 spiro atoms. The summed E-state index contributed by atoms with van der Waals surface area (Å²) in [6.07, 6.45) is 7.46. The van der Waals surface area contributed by atoms with Gasteiger partial charge >= 0.3 is 0 Å². The Kier molecular flexibility index (Phi) is 8.38. The number of anilines is 1. The van der Waals surface area contributed by atoms with Crippen molar-refractivity contribution >= 4 is 56.6 Å². The number of rotatable bonds is 11. The molecule has 5 aromatic heterocycles. The largest absolute Gasteiger partial charge is 0.366 e. The van der Waals surface area contributed by atoms with Crippen LogP contribution >= 0.6 is 0 Å². The highest BCUT2D eigenvalue weighted by molar-refractivity contribution is 6.09. The van der Waals surface area contributed by atoms with Crippen LogP contribution in [-0.2, 0) is 26.2 Å². The Balaban J connectivity index is 1.27. The second-order valence-corrected chi connectivity index (χ2v) is 12.2. The fourth-order valence-corrected chi connectivity index (χ4v) is 6.49. The summed E-state index contributed by atoms with van der Waals surface area (Å²) in [5.74, 6) is -0.605. The van der Waals surface area contributed by atoms with Crippen LogP contribution in [0.2, 0.25) is 0 Å². The van der Waals surface area contributed by atoms with Gasteiger partial charge in [-0.1, -0.05) is 12.2 Å². The Morgan fingerprint density at radius 1 is 0.843 bits per heavy atom. The van der Waals surface area contributed by atoms with Gasteiger partial charge in [-0.05, 0) is 75.7 Å². The number of carbonyl (C=O) groups is 3. The van der Waals surface area contributed by atoms with E-state index in [0.717, 1.165) is 38.8 Å². The molecule has 0 saturated heterocycles. The summed E-state index contributed by atoms with van der Waals surface area (Å²) in [4.78, 5) is 52.0. The maximum absolute atomic E-state index is 13.5. The smallest absolute Gasteiger partial charge is 0.276 e. The van der Waals surface area contributed by atoms with Crippen molar-refractivity contribution in [2.75, 3.05) is 5.32 Å². The number of nitrogens with zero attached hydrogens (tertiary/aromatic N) is 9. The number of hydrogen-bond donors (Lipinski definition) is 3. The summed E-state index contributed by atoms with van der Waals surface area (Å²) in [7, 11) is 0. The van der Waals surface area contributed by atoms with Gasteiger partial charge in [-0.15, -0.1) is 0 Å². The number of fused-ring (bicyclic) bond motifs is 4. The molecule has 5 heterocycles. The number of aryl methyl sites for hydroxylation is 4. The minimum atomic E-state index is -0.567. The van der Waals surface area contributed by atoms with Gasteiger partial charge in [-0.2, -0.15) is 10.2 Å². The van der Waals surface area contributed by atoms with Crippen LogP contribution in [0.4, 0.5) is 5.95 Å². The van der Waals surface area contributed by atoms with Crippen molar-refractivity contribution in [2.24, 2.45) is 11.5 Å². The van der Waals surface area contributed by atoms with E-state index in [2.05, 4.69) is 25.1 Å². The zero-order valence-corrected chi connectivity index (χ0v) is 28.6. The molecule has 0 fully saturated rings. The Morgan fingerprint density at radius 3 is 2.31 bits per heavy atom. The number of benzene rings is 2. The lowest BCUT2D eigenvalue weighted by atomic mass is 10.1. The number of primary amides is 2. The van der Waals surface area contributed by atoms with Crippen molar-refractivity contribution in [3.63, 3.8) is 0 Å². The number of aromatic nitrogens is 9. The van der Waals surface area contributed by atoms with Gasteiger partial charge < -0.3 is 20.6 Å². The molecule has 3 amide bonds. The number of imidazole rings is 1. The first-order valence-corrected chi connectivity index (χ1v) is 16.5. The van der Waals surface area contributed by atoms with Gasteiger partial charge in [0.05, 0.1) is 22.2 Å². The fourth-order valence-electron chi connectivity index (χ4n) is 6.49. The number of allylic oxidation sites excluding steroid dienone is 2. The molecule has 0 atom stereocenters. The van der Waals surface area contributed by atoms with Crippen molar-refractivity contribution in [1.82, 2.24) is 43.6 Å². The van der Waals surface area contributed by atoms with E-state index in [-0.39, 0.29) is 5.91 Å². The van der Waals surface area contributed by atoms with E-state index in [1.165, 1.54) is 0 Å². The first kappa shape index (κ1) is 32.9. The summed E-state index contributed by atoms with van der Waals surface area (Å²) in [6, 6.07) is 12.3. The standard InChI is InChI=1S/C36H36N12O3/c1-5-47-28(11-12-40-47)33-39-19-25-24-17-22(31(37)49)9-10-27(24)45(34(25)42-33)13-7-8-14-46-30-20(3)15-23(32(38)50)18-26(30)41-36(46)43-35(51)29-16-21(4)44-48(29)6-2/h7-12,15-19H,5-6,13-14H2,1-4H3,(H2,37,49)(H2,38,50)(H,41,43,51)/b8-7+. The van der Waals surface area contributed by atoms with Crippen LogP contribution in [0, 0.1) is 13.8 Å². The van der Waals surface area contributed by atoms with E-state index in [1.54, 1.807) is 47.4 Å². The number of carbonyl (C=O) groups excluding carboxylic acids is 3. The lowest BCUT2D eigenvalue weighted by Gasteiger charge is -2.10. The van der Waals surface area contributed by atoms with Crippen LogP contribution in [0.15, 0.2) is 67.0 Å². The molecule has 0 aliphatic carbocycles. The van der Waals surface area contributed by atoms with Gasteiger partial charge in [0.2, 0.25) is 17.8 Å². The van der Waals surface area contributed by atoms with Gasteiger partial charge in [0.15, 0.2) is 5.82 Å². The lowest BCUT2D eigenvalue weighted by Crippen LogP contribution is -2.20. The molecule has 0 unspecified atom stereocenters. The van der Waals surface area contributed by atoms with E-state index < -0.39 is 11.8 Å². The van der Waals surface area contributed by atoms with Crippen LogP contribution in [-0.4, -0.2) is 61.4 Å². The van der Waals surface area contributed by atoms with Gasteiger partial charge in [0.1, 0.15) is 17.0 Å². The third-order valence-electron chi connectivity index (χ3n) is 8.85. The third-order valence-corrected chi connectivity index (χ3v) is 8.85. The zero-order valence-electron chi connectivity index (χ0n) is 28.6. The van der Waals surface area contributed by atoms with E-state index in [1.807, 2.05) is 61.2 Å². The number of hydrogen-bond acceptors (Lipinski definition) is 8. The normalized spacial score (nSPS) is 11.8. The first-order valence-electron chi connectivity index (χ1n) is 16.5. The van der Waals surface area contributed by atoms with Crippen molar-refractivity contribution in [2.45, 2.75) is 53.9 Å². The molecule has 0 bridgehead atoms. The highest BCUT2D eigenvalue weighted by Gasteiger charge is 2.21. The SMILES string of the molecule is CCn1nc(C)cc1C(=O)Nc1nc2cc(C(N)=O)cc(C)c2n1C/C=C/Cn1c2ccc(C(N)=O)cc2c2cnc(-c3ccnn3CC)nc21. The topological polar surface area (TPSA) is 199 Å². The molecule has 15 heteroatoms. The average Bonchev–Trinajstić information content (AvgIpc) is 3.89. The summed E-state index contributed by atoms with van der Waals surface area (Å²) in [5.41, 5.74) is 17.5. The van der Waals surface area contributed by atoms with Crippen LogP contribution < -0.4 is 16.8 Å². The Hall–Kier alpha value is -6.64. The fraction of sp³-hybridized carbons (Fsp3) is 0.222. The second kappa shape index (κ2) is 13.0. The van der Waals surface area contributed by atoms with Crippen LogP contribution in [0.1, 0.15) is 56.3 Å². The molecule has 0 aliphatic heterocycles. The van der Waals surface area contributed by atoms with Gasteiger partial charge in [-0.3, -0.25) is 29.1 Å². The van der Waals surface area contributed by atoms with Crippen molar-refractivity contribution in [3.05, 3.63) is 95.1 Å². The van der Waals surface area contributed by atoms with Gasteiger partial charge in [0, 0.05) is 60.5 Å². The molecule has 2 aromatic carbocycles. The molecule has 7 rings (SSSR count).